The van der Waals surface area contributed by atoms with Crippen LogP contribution >= 0.6 is 0 Å². The Morgan fingerprint density at radius 3 is 2.48 bits per heavy atom. The number of nitrogens with zero attached hydrogens (tertiary/aromatic N) is 2. The zero-order chi connectivity index (χ0) is 17.6. The van der Waals surface area contributed by atoms with E-state index in [1.165, 1.54) is 25.9 Å². The van der Waals surface area contributed by atoms with Gasteiger partial charge in [-0.3, -0.25) is 9.88 Å². The highest BCUT2D eigenvalue weighted by Crippen LogP contribution is 2.34. The number of aryl methyl sites for hydroxylation is 1. The number of piperidine rings is 3. The topological polar surface area (TPSA) is 28.2 Å². The lowest BCUT2D eigenvalue weighted by molar-refractivity contribution is 0.0458. The van der Waals surface area contributed by atoms with Gasteiger partial charge in [0.25, 0.3) is 0 Å². The number of benzene rings is 1. The molecular weight excluding hydrogens is 320 g/mol. The second-order valence-corrected chi connectivity index (χ2v) is 7.27. The van der Waals surface area contributed by atoms with E-state index in [0.717, 1.165) is 5.69 Å². The van der Waals surface area contributed by atoms with Gasteiger partial charge in [-0.05, 0) is 69.5 Å². The van der Waals surface area contributed by atoms with Crippen LogP contribution in [0.5, 0.6) is 0 Å². The van der Waals surface area contributed by atoms with Crippen molar-refractivity contribution < 1.29 is 8.78 Å². The molecule has 3 saturated heterocycles. The second kappa shape index (κ2) is 6.37. The molecule has 5 heteroatoms. The van der Waals surface area contributed by atoms with Crippen molar-refractivity contribution in [1.82, 2.24) is 9.88 Å². The molecule has 3 fully saturated rings. The van der Waals surface area contributed by atoms with Crippen LogP contribution in [0.15, 0.2) is 30.5 Å². The average molecular weight is 343 g/mol. The quantitative estimate of drug-likeness (QED) is 0.904. The van der Waals surface area contributed by atoms with Gasteiger partial charge in [0.15, 0.2) is 11.6 Å². The SMILES string of the molecule is Cc1ccc(-c2ccc(N[C@H]3C4CCN(CC4)[C@@H]3C)cn2)c(F)c1F. The molecule has 5 rings (SSSR count). The minimum Gasteiger partial charge on any atom is -0.379 e. The summed E-state index contributed by atoms with van der Waals surface area (Å²) in [5, 5.41) is 3.60. The first-order chi connectivity index (χ1) is 12.0. The molecule has 3 aliphatic heterocycles. The molecule has 0 radical (unpaired) electrons. The molecule has 1 aromatic heterocycles. The van der Waals surface area contributed by atoms with Gasteiger partial charge in [0.1, 0.15) is 0 Å². The number of nitrogens with one attached hydrogen (secondary N) is 1. The lowest BCUT2D eigenvalue weighted by atomic mass is 9.79. The standard InChI is InChI=1S/C20H23F2N3/c1-12-3-5-16(19(22)18(12)21)17-6-4-15(11-23-17)24-20-13(2)25-9-7-14(20)8-10-25/h3-6,11,13-14,20,24H,7-10H2,1-2H3/t13-,20-/m1/s1. The van der Waals surface area contributed by atoms with Crippen LogP contribution in [0.1, 0.15) is 25.3 Å². The number of fused-ring (bicyclic) bond motifs is 3. The highest BCUT2D eigenvalue weighted by atomic mass is 19.2. The molecule has 1 N–H and O–H groups in total. The number of anilines is 1. The van der Waals surface area contributed by atoms with E-state index in [1.54, 1.807) is 31.3 Å². The van der Waals surface area contributed by atoms with Gasteiger partial charge in [-0.1, -0.05) is 6.07 Å². The molecule has 3 nitrogen and oxygen atoms in total. The normalized spacial score (nSPS) is 28.2. The summed E-state index contributed by atoms with van der Waals surface area (Å²) in [6.45, 7) is 6.21. The summed E-state index contributed by atoms with van der Waals surface area (Å²) in [4.78, 5) is 6.88. The Kier molecular flexibility index (Phi) is 4.20. The Morgan fingerprint density at radius 1 is 1.08 bits per heavy atom. The van der Waals surface area contributed by atoms with E-state index in [0.29, 0.717) is 29.3 Å². The van der Waals surface area contributed by atoms with Crippen LogP contribution < -0.4 is 5.32 Å². The van der Waals surface area contributed by atoms with Gasteiger partial charge in [-0.15, -0.1) is 0 Å². The molecule has 2 atom stereocenters. The van der Waals surface area contributed by atoms with Crippen LogP contribution in [-0.2, 0) is 0 Å². The third-order valence-corrected chi connectivity index (χ3v) is 5.83. The Hall–Kier alpha value is -2.01. The van der Waals surface area contributed by atoms with E-state index in [2.05, 4.69) is 22.1 Å². The van der Waals surface area contributed by atoms with Gasteiger partial charge in [0.2, 0.25) is 0 Å². The van der Waals surface area contributed by atoms with Crippen LogP contribution in [-0.4, -0.2) is 35.1 Å². The predicted molar refractivity (Wildman–Crippen MR) is 95.5 cm³/mol. The first-order valence-corrected chi connectivity index (χ1v) is 8.96. The highest BCUT2D eigenvalue weighted by Gasteiger charge is 2.39. The van der Waals surface area contributed by atoms with E-state index in [4.69, 9.17) is 0 Å². The molecule has 25 heavy (non-hydrogen) atoms. The average Bonchev–Trinajstić information content (AvgIpc) is 2.64. The van der Waals surface area contributed by atoms with Crippen molar-refractivity contribution in [2.24, 2.45) is 5.92 Å². The zero-order valence-corrected chi connectivity index (χ0v) is 14.6. The van der Waals surface area contributed by atoms with Crippen molar-refractivity contribution in [3.63, 3.8) is 0 Å². The van der Waals surface area contributed by atoms with Crippen molar-refractivity contribution >= 4 is 5.69 Å². The Labute approximate surface area is 147 Å². The van der Waals surface area contributed by atoms with Gasteiger partial charge < -0.3 is 5.32 Å². The van der Waals surface area contributed by atoms with Crippen molar-refractivity contribution in [2.45, 2.75) is 38.8 Å². The Balaban J connectivity index is 1.54. The number of hydrogen-bond donors (Lipinski definition) is 1. The summed E-state index contributed by atoms with van der Waals surface area (Å²) in [7, 11) is 0. The molecule has 0 spiro atoms. The molecule has 3 aliphatic rings. The van der Waals surface area contributed by atoms with E-state index in [1.807, 2.05) is 6.07 Å². The van der Waals surface area contributed by atoms with E-state index >= 15 is 0 Å². The third-order valence-electron chi connectivity index (χ3n) is 5.83. The van der Waals surface area contributed by atoms with Crippen molar-refractivity contribution in [1.29, 1.82) is 0 Å². The van der Waals surface area contributed by atoms with Crippen molar-refractivity contribution in [2.75, 3.05) is 18.4 Å². The molecule has 4 heterocycles. The lowest BCUT2D eigenvalue weighted by Crippen LogP contribution is -2.59. The fourth-order valence-electron chi connectivity index (χ4n) is 4.22. The third kappa shape index (κ3) is 2.91. The predicted octanol–water partition coefficient (Wildman–Crippen LogP) is 4.23. The lowest BCUT2D eigenvalue weighted by Gasteiger charge is -2.50. The molecule has 0 saturated carbocycles. The van der Waals surface area contributed by atoms with Gasteiger partial charge >= 0.3 is 0 Å². The first kappa shape index (κ1) is 16.5. The van der Waals surface area contributed by atoms with Crippen LogP contribution in [0.2, 0.25) is 0 Å². The van der Waals surface area contributed by atoms with Crippen LogP contribution in [0.3, 0.4) is 0 Å². The summed E-state index contributed by atoms with van der Waals surface area (Å²) in [6, 6.07) is 7.75. The zero-order valence-electron chi connectivity index (χ0n) is 14.6. The molecular formula is C20H23F2N3. The maximum atomic E-state index is 14.1. The fraction of sp³-hybridized carbons (Fsp3) is 0.450. The van der Waals surface area contributed by atoms with Crippen molar-refractivity contribution in [3.8, 4) is 11.3 Å². The van der Waals surface area contributed by atoms with E-state index < -0.39 is 11.6 Å². The number of halogens is 2. The smallest absolute Gasteiger partial charge is 0.168 e. The van der Waals surface area contributed by atoms with Gasteiger partial charge in [0.05, 0.1) is 17.6 Å². The number of aromatic nitrogens is 1. The molecule has 0 aliphatic carbocycles. The monoisotopic (exact) mass is 343 g/mol. The summed E-state index contributed by atoms with van der Waals surface area (Å²) < 4.78 is 27.9. The van der Waals surface area contributed by atoms with Crippen LogP contribution in [0.25, 0.3) is 11.3 Å². The molecule has 132 valence electrons. The highest BCUT2D eigenvalue weighted by molar-refractivity contribution is 5.62. The van der Waals surface area contributed by atoms with Crippen LogP contribution in [0, 0.1) is 24.5 Å². The Morgan fingerprint density at radius 2 is 1.84 bits per heavy atom. The number of hydrogen-bond acceptors (Lipinski definition) is 3. The fourth-order valence-corrected chi connectivity index (χ4v) is 4.22. The first-order valence-electron chi connectivity index (χ1n) is 8.96. The van der Waals surface area contributed by atoms with E-state index in [-0.39, 0.29) is 5.56 Å². The summed E-state index contributed by atoms with van der Waals surface area (Å²) >= 11 is 0. The Bertz CT molecular complexity index is 765. The van der Waals surface area contributed by atoms with E-state index in [9.17, 15) is 8.78 Å². The summed E-state index contributed by atoms with van der Waals surface area (Å²) in [6.07, 6.45) is 4.19. The number of rotatable bonds is 3. The molecule has 2 bridgehead atoms. The summed E-state index contributed by atoms with van der Waals surface area (Å²) in [5.74, 6) is -0.940. The number of pyridine rings is 1. The largest absolute Gasteiger partial charge is 0.379 e. The maximum Gasteiger partial charge on any atom is 0.168 e. The molecule has 1 aromatic carbocycles. The van der Waals surface area contributed by atoms with Gasteiger partial charge in [-0.2, -0.15) is 0 Å². The minimum absolute atomic E-state index is 0.200. The van der Waals surface area contributed by atoms with Gasteiger partial charge in [0, 0.05) is 17.6 Å². The van der Waals surface area contributed by atoms with Gasteiger partial charge in [-0.25, -0.2) is 8.78 Å². The van der Waals surface area contributed by atoms with Crippen molar-refractivity contribution in [3.05, 3.63) is 47.7 Å². The summed E-state index contributed by atoms with van der Waals surface area (Å²) in [5.41, 5.74) is 1.88. The molecule has 0 amide bonds. The molecule has 2 aromatic rings. The maximum absolute atomic E-state index is 14.1. The molecule has 0 unspecified atom stereocenters. The van der Waals surface area contributed by atoms with Crippen LogP contribution in [0.4, 0.5) is 14.5 Å². The second-order valence-electron chi connectivity index (χ2n) is 7.27. The minimum atomic E-state index is -0.834.